The molecule has 0 unspecified atom stereocenters. The molecule has 0 saturated carbocycles. The van der Waals surface area contributed by atoms with Gasteiger partial charge in [-0.2, -0.15) is 0 Å². The molecule has 0 radical (unpaired) electrons. The SMILES string of the molecule is CCn1cc(C(=O)O)c(=O)c2cc(F)cc(C)c21. The van der Waals surface area contributed by atoms with E-state index in [9.17, 15) is 14.0 Å². The van der Waals surface area contributed by atoms with Gasteiger partial charge in [-0.3, -0.25) is 4.79 Å². The van der Waals surface area contributed by atoms with E-state index in [1.54, 1.807) is 11.5 Å². The largest absolute Gasteiger partial charge is 0.477 e. The number of fused-ring (bicyclic) bond motifs is 1. The Balaban J connectivity index is 3.03. The van der Waals surface area contributed by atoms with E-state index in [-0.39, 0.29) is 10.9 Å². The van der Waals surface area contributed by atoms with Gasteiger partial charge in [0.25, 0.3) is 0 Å². The Hall–Kier alpha value is -2.17. The highest BCUT2D eigenvalue weighted by molar-refractivity contribution is 5.93. The van der Waals surface area contributed by atoms with Crippen molar-refractivity contribution in [2.45, 2.75) is 20.4 Å². The van der Waals surface area contributed by atoms with Gasteiger partial charge in [0.2, 0.25) is 5.43 Å². The predicted molar refractivity (Wildman–Crippen MR) is 65.5 cm³/mol. The van der Waals surface area contributed by atoms with Gasteiger partial charge in [-0.25, -0.2) is 9.18 Å². The fraction of sp³-hybridized carbons (Fsp3) is 0.231. The maximum absolute atomic E-state index is 13.4. The van der Waals surface area contributed by atoms with Gasteiger partial charge in [-0.1, -0.05) is 0 Å². The number of aromatic carboxylic acids is 1. The van der Waals surface area contributed by atoms with Crippen LogP contribution < -0.4 is 5.43 Å². The number of aryl methyl sites for hydroxylation is 2. The Morgan fingerprint density at radius 2 is 2.11 bits per heavy atom. The summed E-state index contributed by atoms with van der Waals surface area (Å²) in [6, 6.07) is 2.41. The molecular weight excluding hydrogens is 237 g/mol. The molecule has 0 bridgehead atoms. The van der Waals surface area contributed by atoms with Crippen molar-refractivity contribution < 1.29 is 14.3 Å². The first-order chi connectivity index (χ1) is 8.45. The minimum atomic E-state index is -1.30. The molecule has 0 aliphatic rings. The van der Waals surface area contributed by atoms with Crippen molar-refractivity contribution in [3.63, 3.8) is 0 Å². The Bertz CT molecular complexity index is 703. The quantitative estimate of drug-likeness (QED) is 0.887. The van der Waals surface area contributed by atoms with Crippen LogP contribution in [-0.2, 0) is 6.54 Å². The number of rotatable bonds is 2. The third-order valence-electron chi connectivity index (χ3n) is 2.90. The van der Waals surface area contributed by atoms with Crippen molar-refractivity contribution in [1.82, 2.24) is 4.57 Å². The minimum Gasteiger partial charge on any atom is -0.477 e. The smallest absolute Gasteiger partial charge is 0.341 e. The van der Waals surface area contributed by atoms with E-state index in [1.807, 2.05) is 6.92 Å². The summed E-state index contributed by atoms with van der Waals surface area (Å²) in [7, 11) is 0. The van der Waals surface area contributed by atoms with Gasteiger partial charge >= 0.3 is 5.97 Å². The molecule has 2 aromatic rings. The standard InChI is InChI=1S/C13H12FNO3/c1-3-15-6-10(13(17)18)12(16)9-5-8(14)4-7(2)11(9)15/h4-6H,3H2,1-2H3,(H,17,18). The molecule has 1 aromatic carbocycles. The number of carboxylic acids is 1. The summed E-state index contributed by atoms with van der Waals surface area (Å²) >= 11 is 0. The topological polar surface area (TPSA) is 59.3 Å². The third-order valence-corrected chi connectivity index (χ3v) is 2.90. The van der Waals surface area contributed by atoms with Crippen LogP contribution in [0.15, 0.2) is 23.1 Å². The van der Waals surface area contributed by atoms with Crippen LogP contribution in [-0.4, -0.2) is 15.6 Å². The van der Waals surface area contributed by atoms with Crippen LogP contribution in [0.25, 0.3) is 10.9 Å². The van der Waals surface area contributed by atoms with Crippen LogP contribution in [0.1, 0.15) is 22.8 Å². The first-order valence-corrected chi connectivity index (χ1v) is 5.52. The van der Waals surface area contributed by atoms with Gasteiger partial charge in [0.15, 0.2) is 0 Å². The molecule has 1 aromatic heterocycles. The molecule has 5 heteroatoms. The zero-order valence-electron chi connectivity index (χ0n) is 10.0. The number of hydrogen-bond acceptors (Lipinski definition) is 2. The molecule has 1 N–H and O–H groups in total. The summed E-state index contributed by atoms with van der Waals surface area (Å²) in [5.74, 6) is -1.84. The van der Waals surface area contributed by atoms with Crippen molar-refractivity contribution in [3.05, 3.63) is 45.5 Å². The van der Waals surface area contributed by atoms with Crippen LogP contribution in [0, 0.1) is 12.7 Å². The average molecular weight is 249 g/mol. The molecule has 18 heavy (non-hydrogen) atoms. The number of benzene rings is 1. The molecule has 0 fully saturated rings. The second-order valence-corrected chi connectivity index (χ2v) is 4.08. The van der Waals surface area contributed by atoms with Gasteiger partial charge in [-0.05, 0) is 31.5 Å². The highest BCUT2D eigenvalue weighted by Gasteiger charge is 2.15. The van der Waals surface area contributed by atoms with E-state index in [2.05, 4.69) is 0 Å². The molecule has 0 aliphatic heterocycles. The van der Waals surface area contributed by atoms with Crippen molar-refractivity contribution in [3.8, 4) is 0 Å². The van der Waals surface area contributed by atoms with Crippen LogP contribution >= 0.6 is 0 Å². The van der Waals surface area contributed by atoms with Crippen molar-refractivity contribution in [1.29, 1.82) is 0 Å². The lowest BCUT2D eigenvalue weighted by atomic mass is 10.1. The molecule has 4 nitrogen and oxygen atoms in total. The molecule has 0 spiro atoms. The molecule has 0 saturated heterocycles. The van der Waals surface area contributed by atoms with Crippen molar-refractivity contribution in [2.24, 2.45) is 0 Å². The predicted octanol–water partition coefficient (Wildman–Crippen LogP) is 2.17. The van der Waals surface area contributed by atoms with E-state index >= 15 is 0 Å². The highest BCUT2D eigenvalue weighted by atomic mass is 19.1. The normalized spacial score (nSPS) is 10.8. The lowest BCUT2D eigenvalue weighted by Crippen LogP contribution is -2.19. The number of aromatic nitrogens is 1. The number of halogens is 1. The summed E-state index contributed by atoms with van der Waals surface area (Å²) in [6.07, 6.45) is 1.30. The maximum Gasteiger partial charge on any atom is 0.341 e. The van der Waals surface area contributed by atoms with Crippen LogP contribution in [0.2, 0.25) is 0 Å². The first kappa shape index (κ1) is 12.3. The Morgan fingerprint density at radius 1 is 1.44 bits per heavy atom. The molecule has 94 valence electrons. The number of carbonyl (C=O) groups is 1. The Morgan fingerprint density at radius 3 is 2.67 bits per heavy atom. The maximum atomic E-state index is 13.4. The lowest BCUT2D eigenvalue weighted by molar-refractivity contribution is 0.0695. The molecule has 0 aliphatic carbocycles. The van der Waals surface area contributed by atoms with Crippen molar-refractivity contribution >= 4 is 16.9 Å². The second-order valence-electron chi connectivity index (χ2n) is 4.08. The van der Waals surface area contributed by atoms with E-state index in [0.29, 0.717) is 17.6 Å². The summed E-state index contributed by atoms with van der Waals surface area (Å²) in [5.41, 5.74) is 0.203. The van der Waals surface area contributed by atoms with E-state index in [4.69, 9.17) is 5.11 Å². The van der Waals surface area contributed by atoms with Gasteiger partial charge in [0, 0.05) is 18.1 Å². The lowest BCUT2D eigenvalue weighted by Gasteiger charge is -2.12. The molecular formula is C13H12FNO3. The van der Waals surface area contributed by atoms with Gasteiger partial charge < -0.3 is 9.67 Å². The summed E-state index contributed by atoms with van der Waals surface area (Å²) < 4.78 is 15.0. The minimum absolute atomic E-state index is 0.106. The molecule has 0 atom stereocenters. The van der Waals surface area contributed by atoms with E-state index < -0.39 is 17.2 Å². The number of nitrogens with zero attached hydrogens (tertiary/aromatic N) is 1. The van der Waals surface area contributed by atoms with Gasteiger partial charge in [0.05, 0.1) is 5.52 Å². The summed E-state index contributed by atoms with van der Waals surface area (Å²) in [4.78, 5) is 23.0. The van der Waals surface area contributed by atoms with Crippen LogP contribution in [0.5, 0.6) is 0 Å². The molecule has 0 amide bonds. The fourth-order valence-electron chi connectivity index (χ4n) is 2.12. The van der Waals surface area contributed by atoms with E-state index in [1.165, 1.54) is 12.3 Å². The molecule has 1 heterocycles. The summed E-state index contributed by atoms with van der Waals surface area (Å²) in [6.45, 7) is 4.03. The number of pyridine rings is 1. The fourth-order valence-corrected chi connectivity index (χ4v) is 2.12. The Kier molecular flexibility index (Phi) is 2.90. The van der Waals surface area contributed by atoms with Gasteiger partial charge in [0.1, 0.15) is 11.4 Å². The van der Waals surface area contributed by atoms with Crippen LogP contribution in [0.4, 0.5) is 4.39 Å². The second kappa shape index (κ2) is 4.25. The zero-order chi connectivity index (χ0) is 13.4. The number of carboxylic acid groups (broad SMARTS) is 1. The third kappa shape index (κ3) is 1.77. The number of hydrogen-bond donors (Lipinski definition) is 1. The zero-order valence-corrected chi connectivity index (χ0v) is 10.0. The average Bonchev–Trinajstić information content (AvgIpc) is 2.29. The van der Waals surface area contributed by atoms with Crippen molar-refractivity contribution in [2.75, 3.05) is 0 Å². The monoisotopic (exact) mass is 249 g/mol. The highest BCUT2D eigenvalue weighted by Crippen LogP contribution is 2.18. The van der Waals surface area contributed by atoms with Gasteiger partial charge in [-0.15, -0.1) is 0 Å². The summed E-state index contributed by atoms with van der Waals surface area (Å²) in [5, 5.41) is 9.08. The Labute approximate surface area is 102 Å². The first-order valence-electron chi connectivity index (χ1n) is 5.52. The van der Waals surface area contributed by atoms with E-state index in [0.717, 1.165) is 6.07 Å². The van der Waals surface area contributed by atoms with Crippen LogP contribution in [0.3, 0.4) is 0 Å². The molecule has 2 rings (SSSR count).